The van der Waals surface area contributed by atoms with Gasteiger partial charge in [0, 0.05) is 36.9 Å². The van der Waals surface area contributed by atoms with Crippen LogP contribution in [0.5, 0.6) is 0 Å². The molecule has 1 atom stereocenters. The van der Waals surface area contributed by atoms with Crippen LogP contribution in [0.4, 0.5) is 16.2 Å². The van der Waals surface area contributed by atoms with Crippen molar-refractivity contribution >= 4 is 29.2 Å². The number of anilines is 2. The Hall–Kier alpha value is -3.29. The average molecular weight is 370 g/mol. The molecular weight excluding hydrogens is 348 g/mol. The highest BCUT2D eigenvalue weighted by Crippen LogP contribution is 2.16. The molecule has 1 fully saturated rings. The first-order valence-electron chi connectivity index (χ1n) is 8.81. The topological polar surface area (TPSA) is 104 Å². The average Bonchev–Trinajstić information content (AvgIpc) is 3.27. The molecule has 2 heterocycles. The highest BCUT2D eigenvalue weighted by molar-refractivity contribution is 6.02. The number of carbonyl (C=O) groups is 3. The lowest BCUT2D eigenvalue weighted by atomic mass is 10.2. The van der Waals surface area contributed by atoms with Crippen molar-refractivity contribution in [1.29, 1.82) is 0 Å². The molecule has 0 saturated carbocycles. The van der Waals surface area contributed by atoms with Crippen molar-refractivity contribution in [3.8, 4) is 0 Å². The quantitative estimate of drug-likeness (QED) is 0.727. The van der Waals surface area contributed by atoms with Crippen LogP contribution in [0.3, 0.4) is 0 Å². The molecule has 1 aromatic heterocycles. The van der Waals surface area contributed by atoms with Gasteiger partial charge in [-0.2, -0.15) is 0 Å². The van der Waals surface area contributed by atoms with Crippen LogP contribution in [0.25, 0.3) is 0 Å². The summed E-state index contributed by atoms with van der Waals surface area (Å²) >= 11 is 0. The van der Waals surface area contributed by atoms with Crippen molar-refractivity contribution in [2.45, 2.75) is 25.8 Å². The van der Waals surface area contributed by atoms with E-state index in [4.69, 9.17) is 4.42 Å². The number of nitrogens with one attached hydrogen (secondary N) is 3. The number of urea groups is 1. The van der Waals surface area contributed by atoms with Crippen LogP contribution in [0.2, 0.25) is 0 Å². The molecule has 4 amide bonds. The van der Waals surface area contributed by atoms with E-state index in [1.807, 2.05) is 6.92 Å². The normalized spacial score (nSPS) is 14.7. The van der Waals surface area contributed by atoms with Crippen LogP contribution in [0.1, 0.15) is 30.3 Å². The number of benzene rings is 1. The fourth-order valence-corrected chi connectivity index (χ4v) is 2.94. The van der Waals surface area contributed by atoms with E-state index in [-0.39, 0.29) is 29.6 Å². The standard InChI is InChI=1S/C19H22N4O4/c1-13(12-23-9-3-8-17(23)24)20-19(26)22-15-6-2-5-14(11-15)21-18(25)16-7-4-10-27-16/h2,4-7,10-11,13H,3,8-9,12H2,1H3,(H,21,25)(H2,20,22,26)/t13-/m1/s1. The maximum atomic E-state index is 12.2. The van der Waals surface area contributed by atoms with E-state index in [9.17, 15) is 14.4 Å². The fraction of sp³-hybridized carbons (Fsp3) is 0.316. The smallest absolute Gasteiger partial charge is 0.319 e. The summed E-state index contributed by atoms with van der Waals surface area (Å²) in [6.45, 7) is 3.08. The van der Waals surface area contributed by atoms with Gasteiger partial charge in [-0.15, -0.1) is 0 Å². The Morgan fingerprint density at radius 3 is 2.63 bits per heavy atom. The third-order valence-electron chi connectivity index (χ3n) is 4.17. The largest absolute Gasteiger partial charge is 0.459 e. The van der Waals surface area contributed by atoms with Gasteiger partial charge in [-0.25, -0.2) is 4.79 Å². The molecule has 27 heavy (non-hydrogen) atoms. The minimum absolute atomic E-state index is 0.129. The fourth-order valence-electron chi connectivity index (χ4n) is 2.94. The van der Waals surface area contributed by atoms with Crippen molar-refractivity contribution in [2.24, 2.45) is 0 Å². The van der Waals surface area contributed by atoms with Gasteiger partial charge in [0.15, 0.2) is 5.76 Å². The molecule has 1 aromatic carbocycles. The molecule has 142 valence electrons. The van der Waals surface area contributed by atoms with Gasteiger partial charge in [0.25, 0.3) is 5.91 Å². The van der Waals surface area contributed by atoms with E-state index < -0.39 is 0 Å². The minimum atomic E-state index is -0.372. The van der Waals surface area contributed by atoms with Gasteiger partial charge in [-0.1, -0.05) is 6.07 Å². The summed E-state index contributed by atoms with van der Waals surface area (Å²) in [5, 5.41) is 8.24. The molecule has 3 rings (SSSR count). The highest BCUT2D eigenvalue weighted by Gasteiger charge is 2.22. The van der Waals surface area contributed by atoms with Crippen LogP contribution in [-0.4, -0.2) is 41.9 Å². The van der Waals surface area contributed by atoms with E-state index in [0.29, 0.717) is 24.3 Å². The molecule has 1 aliphatic rings. The molecule has 3 N–H and O–H groups in total. The summed E-state index contributed by atoms with van der Waals surface area (Å²) in [6, 6.07) is 9.46. The highest BCUT2D eigenvalue weighted by atomic mass is 16.3. The Labute approximate surface area is 156 Å². The molecule has 0 bridgehead atoms. The maximum absolute atomic E-state index is 12.2. The molecule has 0 radical (unpaired) electrons. The molecular formula is C19H22N4O4. The molecule has 2 aromatic rings. The number of amides is 4. The van der Waals surface area contributed by atoms with Gasteiger partial charge >= 0.3 is 6.03 Å². The Balaban J connectivity index is 1.51. The van der Waals surface area contributed by atoms with Crippen LogP contribution >= 0.6 is 0 Å². The number of nitrogens with zero attached hydrogens (tertiary/aromatic N) is 1. The number of hydrogen-bond donors (Lipinski definition) is 3. The first kappa shape index (κ1) is 18.5. The molecule has 0 aliphatic carbocycles. The maximum Gasteiger partial charge on any atom is 0.319 e. The second-order valence-corrected chi connectivity index (χ2v) is 6.46. The zero-order valence-electron chi connectivity index (χ0n) is 15.0. The van der Waals surface area contributed by atoms with Gasteiger partial charge in [-0.3, -0.25) is 9.59 Å². The van der Waals surface area contributed by atoms with Gasteiger partial charge in [0.05, 0.1) is 6.26 Å². The van der Waals surface area contributed by atoms with Gasteiger partial charge in [0.1, 0.15) is 0 Å². The van der Waals surface area contributed by atoms with Crippen LogP contribution in [-0.2, 0) is 4.79 Å². The Bertz CT molecular complexity index is 819. The van der Waals surface area contributed by atoms with E-state index in [0.717, 1.165) is 13.0 Å². The zero-order chi connectivity index (χ0) is 19.2. The molecule has 1 saturated heterocycles. The van der Waals surface area contributed by atoms with Gasteiger partial charge in [0.2, 0.25) is 5.91 Å². The molecule has 0 unspecified atom stereocenters. The summed E-state index contributed by atoms with van der Waals surface area (Å²) in [5.74, 6) is -0.0362. The molecule has 8 nitrogen and oxygen atoms in total. The third-order valence-corrected chi connectivity index (χ3v) is 4.17. The summed E-state index contributed by atoms with van der Waals surface area (Å²) in [5.41, 5.74) is 1.07. The predicted octanol–water partition coefficient (Wildman–Crippen LogP) is 2.66. The van der Waals surface area contributed by atoms with E-state index in [2.05, 4.69) is 16.0 Å². The number of likely N-dealkylation sites (tertiary alicyclic amines) is 1. The van der Waals surface area contributed by atoms with E-state index >= 15 is 0 Å². The van der Waals surface area contributed by atoms with Crippen molar-refractivity contribution in [3.05, 3.63) is 48.4 Å². The van der Waals surface area contributed by atoms with Crippen molar-refractivity contribution < 1.29 is 18.8 Å². The van der Waals surface area contributed by atoms with Crippen LogP contribution in [0, 0.1) is 0 Å². The molecule has 1 aliphatic heterocycles. The Kier molecular flexibility index (Phi) is 5.75. The first-order valence-corrected chi connectivity index (χ1v) is 8.81. The number of rotatable bonds is 6. The second kappa shape index (κ2) is 8.39. The van der Waals surface area contributed by atoms with Crippen LogP contribution < -0.4 is 16.0 Å². The first-order chi connectivity index (χ1) is 13.0. The molecule has 8 heteroatoms. The number of hydrogen-bond acceptors (Lipinski definition) is 4. The Morgan fingerprint density at radius 1 is 1.19 bits per heavy atom. The van der Waals surface area contributed by atoms with Crippen molar-refractivity contribution in [3.63, 3.8) is 0 Å². The molecule has 0 spiro atoms. The number of furan rings is 1. The summed E-state index contributed by atoms with van der Waals surface area (Å²) in [7, 11) is 0. The summed E-state index contributed by atoms with van der Waals surface area (Å²) in [4.78, 5) is 37.6. The number of carbonyl (C=O) groups excluding carboxylic acids is 3. The van der Waals surface area contributed by atoms with Crippen molar-refractivity contribution in [2.75, 3.05) is 23.7 Å². The lowest BCUT2D eigenvalue weighted by Crippen LogP contribution is -2.44. The minimum Gasteiger partial charge on any atom is -0.459 e. The predicted molar refractivity (Wildman–Crippen MR) is 101 cm³/mol. The monoisotopic (exact) mass is 370 g/mol. The zero-order valence-corrected chi connectivity index (χ0v) is 15.0. The lowest BCUT2D eigenvalue weighted by molar-refractivity contribution is -0.127. The third kappa shape index (κ3) is 5.10. The SMILES string of the molecule is C[C@H](CN1CCCC1=O)NC(=O)Nc1cccc(NC(=O)c2ccco2)c1. The summed E-state index contributed by atoms with van der Waals surface area (Å²) < 4.78 is 5.05. The van der Waals surface area contributed by atoms with Gasteiger partial charge < -0.3 is 25.3 Å². The summed E-state index contributed by atoms with van der Waals surface area (Å²) in [6.07, 6.45) is 2.87. The van der Waals surface area contributed by atoms with E-state index in [1.165, 1.54) is 6.26 Å². The van der Waals surface area contributed by atoms with Crippen LogP contribution in [0.15, 0.2) is 47.1 Å². The second-order valence-electron chi connectivity index (χ2n) is 6.46. The Morgan fingerprint density at radius 2 is 1.96 bits per heavy atom. The lowest BCUT2D eigenvalue weighted by Gasteiger charge is -2.21. The van der Waals surface area contributed by atoms with Crippen molar-refractivity contribution in [1.82, 2.24) is 10.2 Å². The van der Waals surface area contributed by atoms with E-state index in [1.54, 1.807) is 41.3 Å². The van der Waals surface area contributed by atoms with Gasteiger partial charge in [-0.05, 0) is 43.7 Å².